The molecule has 116 valence electrons. The number of carbonyl (C=O) groups is 1. The summed E-state index contributed by atoms with van der Waals surface area (Å²) in [6, 6.07) is 5.80. The number of ether oxygens (including phenoxy) is 1. The van der Waals surface area contributed by atoms with Gasteiger partial charge in [0.25, 0.3) is 0 Å². The smallest absolute Gasteiger partial charge is 0.320 e. The topological polar surface area (TPSA) is 49.8 Å². The second-order valence-corrected chi connectivity index (χ2v) is 5.91. The summed E-state index contributed by atoms with van der Waals surface area (Å²) in [6.45, 7) is 6.16. The molecule has 1 aliphatic heterocycles. The summed E-state index contributed by atoms with van der Waals surface area (Å²) in [4.78, 5) is 13.4. The predicted octanol–water partition coefficient (Wildman–Crippen LogP) is 3.01. The van der Waals surface area contributed by atoms with Crippen LogP contribution in [0.15, 0.2) is 18.2 Å². The molecular formula is C17H25NO3. The molecule has 0 aliphatic carbocycles. The first-order chi connectivity index (χ1) is 10.1. The summed E-state index contributed by atoms with van der Waals surface area (Å²) in [7, 11) is 0. The average Bonchev–Trinajstić information content (AvgIpc) is 2.63. The van der Waals surface area contributed by atoms with E-state index in [0.717, 1.165) is 38.0 Å². The van der Waals surface area contributed by atoms with E-state index in [9.17, 15) is 9.90 Å². The number of aliphatic carboxylic acids is 1. The summed E-state index contributed by atoms with van der Waals surface area (Å²) in [6.07, 6.45) is 3.95. The molecule has 4 nitrogen and oxygen atoms in total. The third-order valence-electron chi connectivity index (χ3n) is 3.99. The van der Waals surface area contributed by atoms with Gasteiger partial charge >= 0.3 is 5.97 Å². The van der Waals surface area contributed by atoms with Crippen LogP contribution in [-0.2, 0) is 4.79 Å². The first-order valence-corrected chi connectivity index (χ1v) is 7.74. The Kier molecular flexibility index (Phi) is 5.62. The molecule has 1 N–H and O–H groups in total. The maximum Gasteiger partial charge on any atom is 0.320 e. The molecule has 1 aliphatic rings. The van der Waals surface area contributed by atoms with Crippen molar-refractivity contribution in [3.8, 4) is 5.75 Å². The zero-order valence-corrected chi connectivity index (χ0v) is 13.0. The minimum Gasteiger partial charge on any atom is -0.492 e. The lowest BCUT2D eigenvalue weighted by atomic mass is 10.1. The van der Waals surface area contributed by atoms with E-state index in [0.29, 0.717) is 13.2 Å². The van der Waals surface area contributed by atoms with Crippen LogP contribution in [-0.4, -0.2) is 41.7 Å². The van der Waals surface area contributed by atoms with Crippen molar-refractivity contribution in [2.45, 2.75) is 45.6 Å². The molecule has 0 radical (unpaired) electrons. The predicted molar refractivity (Wildman–Crippen MR) is 82.9 cm³/mol. The minimum atomic E-state index is -0.705. The van der Waals surface area contributed by atoms with Crippen molar-refractivity contribution in [2.24, 2.45) is 0 Å². The molecule has 1 aromatic rings. The lowest BCUT2D eigenvalue weighted by Gasteiger charge is -2.26. The molecule has 0 aromatic heterocycles. The number of benzene rings is 1. The number of carboxylic acid groups (broad SMARTS) is 1. The van der Waals surface area contributed by atoms with Gasteiger partial charge in [0, 0.05) is 6.54 Å². The van der Waals surface area contributed by atoms with Gasteiger partial charge in [0.05, 0.1) is 0 Å². The molecule has 1 aromatic carbocycles. The molecule has 1 heterocycles. The quantitative estimate of drug-likeness (QED) is 0.906. The minimum absolute atomic E-state index is 0.352. The highest BCUT2D eigenvalue weighted by Gasteiger charge is 2.26. The molecule has 1 saturated heterocycles. The van der Waals surface area contributed by atoms with E-state index in [2.05, 4.69) is 24.8 Å². The summed E-state index contributed by atoms with van der Waals surface area (Å²) >= 11 is 0. The second kappa shape index (κ2) is 7.46. The van der Waals surface area contributed by atoms with E-state index in [1.807, 2.05) is 12.1 Å². The van der Waals surface area contributed by atoms with E-state index in [1.165, 1.54) is 11.1 Å². The molecular weight excluding hydrogens is 266 g/mol. The number of carboxylic acids is 1. The molecule has 0 spiro atoms. The molecule has 1 unspecified atom stereocenters. The lowest BCUT2D eigenvalue weighted by molar-refractivity contribution is -0.143. The fourth-order valence-corrected chi connectivity index (χ4v) is 3.01. The van der Waals surface area contributed by atoms with Crippen molar-refractivity contribution in [1.29, 1.82) is 0 Å². The number of rotatable bonds is 5. The van der Waals surface area contributed by atoms with Crippen LogP contribution in [0.1, 0.15) is 36.8 Å². The van der Waals surface area contributed by atoms with Gasteiger partial charge in [-0.05, 0) is 56.5 Å². The molecule has 4 heteroatoms. The number of hydrogen-bond donors (Lipinski definition) is 1. The van der Waals surface area contributed by atoms with Crippen LogP contribution in [0.4, 0.5) is 0 Å². The number of likely N-dealkylation sites (tertiary alicyclic amines) is 1. The van der Waals surface area contributed by atoms with Crippen LogP contribution in [0, 0.1) is 13.8 Å². The largest absolute Gasteiger partial charge is 0.492 e. The zero-order valence-electron chi connectivity index (χ0n) is 13.0. The Labute approximate surface area is 126 Å². The van der Waals surface area contributed by atoms with Gasteiger partial charge in [-0.3, -0.25) is 9.69 Å². The Morgan fingerprint density at radius 1 is 1.24 bits per heavy atom. The third-order valence-corrected chi connectivity index (χ3v) is 3.99. The molecule has 21 heavy (non-hydrogen) atoms. The van der Waals surface area contributed by atoms with Gasteiger partial charge in [0.2, 0.25) is 0 Å². The van der Waals surface area contributed by atoms with Gasteiger partial charge in [-0.25, -0.2) is 0 Å². The van der Waals surface area contributed by atoms with Crippen molar-refractivity contribution in [3.05, 3.63) is 29.3 Å². The monoisotopic (exact) mass is 291 g/mol. The van der Waals surface area contributed by atoms with Gasteiger partial charge in [-0.15, -0.1) is 0 Å². The van der Waals surface area contributed by atoms with Crippen LogP contribution in [0.5, 0.6) is 5.75 Å². The number of nitrogens with zero attached hydrogens (tertiary/aromatic N) is 1. The fourth-order valence-electron chi connectivity index (χ4n) is 3.01. The van der Waals surface area contributed by atoms with E-state index < -0.39 is 5.97 Å². The third kappa shape index (κ3) is 4.74. The highest BCUT2D eigenvalue weighted by molar-refractivity contribution is 5.73. The maximum absolute atomic E-state index is 11.4. The van der Waals surface area contributed by atoms with Gasteiger partial charge in [-0.2, -0.15) is 0 Å². The molecule has 1 fully saturated rings. The van der Waals surface area contributed by atoms with Gasteiger partial charge in [0.15, 0.2) is 0 Å². The van der Waals surface area contributed by atoms with E-state index in [1.54, 1.807) is 0 Å². The highest BCUT2D eigenvalue weighted by atomic mass is 16.5. The normalized spacial score (nSPS) is 20.0. The van der Waals surface area contributed by atoms with Crippen LogP contribution in [0.2, 0.25) is 0 Å². The molecule has 0 amide bonds. The molecule has 0 saturated carbocycles. The van der Waals surface area contributed by atoms with Crippen LogP contribution in [0.25, 0.3) is 0 Å². The summed E-state index contributed by atoms with van der Waals surface area (Å²) < 4.78 is 5.80. The van der Waals surface area contributed by atoms with Gasteiger partial charge < -0.3 is 9.84 Å². The van der Waals surface area contributed by atoms with E-state index in [-0.39, 0.29) is 6.04 Å². The van der Waals surface area contributed by atoms with Crippen molar-refractivity contribution < 1.29 is 14.6 Å². The first kappa shape index (κ1) is 15.8. The Morgan fingerprint density at radius 3 is 2.62 bits per heavy atom. The SMILES string of the molecule is Cc1cc(C)cc(OCCN2CCCCCC2C(=O)O)c1. The van der Waals surface area contributed by atoms with E-state index >= 15 is 0 Å². The molecule has 0 bridgehead atoms. The van der Waals surface area contributed by atoms with Crippen molar-refractivity contribution in [3.63, 3.8) is 0 Å². The summed E-state index contributed by atoms with van der Waals surface area (Å²) in [5.41, 5.74) is 2.37. The van der Waals surface area contributed by atoms with Crippen LogP contribution < -0.4 is 4.74 Å². The highest BCUT2D eigenvalue weighted by Crippen LogP contribution is 2.18. The Hall–Kier alpha value is -1.55. The van der Waals surface area contributed by atoms with E-state index in [4.69, 9.17) is 4.74 Å². The average molecular weight is 291 g/mol. The Balaban J connectivity index is 1.89. The first-order valence-electron chi connectivity index (χ1n) is 7.74. The maximum atomic E-state index is 11.4. The van der Waals surface area contributed by atoms with Gasteiger partial charge in [0.1, 0.15) is 18.4 Å². The van der Waals surface area contributed by atoms with Crippen molar-refractivity contribution in [1.82, 2.24) is 4.90 Å². The fraction of sp³-hybridized carbons (Fsp3) is 0.588. The Morgan fingerprint density at radius 2 is 1.95 bits per heavy atom. The summed E-state index contributed by atoms with van der Waals surface area (Å²) in [5, 5.41) is 9.34. The standard InChI is InChI=1S/C17H25NO3/c1-13-10-14(2)12-15(11-13)21-9-8-18-7-5-3-4-6-16(18)17(19)20/h10-12,16H,3-9H2,1-2H3,(H,19,20). The molecule has 2 rings (SSSR count). The molecule has 1 atom stereocenters. The number of hydrogen-bond acceptors (Lipinski definition) is 3. The summed E-state index contributed by atoms with van der Waals surface area (Å²) in [5.74, 6) is 0.164. The second-order valence-electron chi connectivity index (χ2n) is 5.91. The van der Waals surface area contributed by atoms with Crippen molar-refractivity contribution in [2.75, 3.05) is 19.7 Å². The zero-order chi connectivity index (χ0) is 15.2. The number of aryl methyl sites for hydroxylation is 2. The lowest BCUT2D eigenvalue weighted by Crippen LogP contribution is -2.42. The van der Waals surface area contributed by atoms with Crippen LogP contribution >= 0.6 is 0 Å². The van der Waals surface area contributed by atoms with Crippen molar-refractivity contribution >= 4 is 5.97 Å². The van der Waals surface area contributed by atoms with Gasteiger partial charge in [-0.1, -0.05) is 18.9 Å². The van der Waals surface area contributed by atoms with Crippen LogP contribution in [0.3, 0.4) is 0 Å². The Bertz CT molecular complexity index is 467.